The minimum absolute atomic E-state index is 0.104. The van der Waals surface area contributed by atoms with Gasteiger partial charge in [-0.2, -0.15) is 0 Å². The van der Waals surface area contributed by atoms with Crippen molar-refractivity contribution in [2.24, 2.45) is 0 Å². The number of anilines is 2. The van der Waals surface area contributed by atoms with Crippen molar-refractivity contribution in [1.82, 2.24) is 4.90 Å². The highest BCUT2D eigenvalue weighted by Gasteiger charge is 2.23. The lowest BCUT2D eigenvalue weighted by molar-refractivity contribution is -0.132. The second-order valence-electron chi connectivity index (χ2n) is 5.21. The van der Waals surface area contributed by atoms with Crippen molar-refractivity contribution in [2.75, 3.05) is 24.6 Å². The summed E-state index contributed by atoms with van der Waals surface area (Å²) < 4.78 is 0. The lowest BCUT2D eigenvalue weighted by Gasteiger charge is -2.31. The van der Waals surface area contributed by atoms with Gasteiger partial charge in [0.2, 0.25) is 5.91 Å². The maximum Gasteiger partial charge on any atom is 0.337 e. The first-order valence-corrected chi connectivity index (χ1v) is 6.52. The van der Waals surface area contributed by atoms with Crippen molar-refractivity contribution >= 4 is 23.3 Å². The van der Waals surface area contributed by atoms with Crippen LogP contribution in [0.25, 0.3) is 0 Å². The summed E-state index contributed by atoms with van der Waals surface area (Å²) >= 11 is 0. The van der Waals surface area contributed by atoms with Crippen LogP contribution >= 0.6 is 0 Å². The third-order valence-corrected chi connectivity index (χ3v) is 3.61. The molecule has 0 aliphatic carbocycles. The smallest absolute Gasteiger partial charge is 0.337 e. The first kappa shape index (κ1) is 14.2. The van der Waals surface area contributed by atoms with Crippen LogP contribution in [0.4, 0.5) is 11.4 Å². The number of carboxylic acids is 1. The van der Waals surface area contributed by atoms with E-state index in [2.05, 4.69) is 5.32 Å². The minimum Gasteiger partial charge on any atom is -0.478 e. The molecule has 6 heteroatoms. The summed E-state index contributed by atoms with van der Waals surface area (Å²) in [5.41, 5.74) is 7.61. The lowest BCUT2D eigenvalue weighted by atomic mass is 10.0. The van der Waals surface area contributed by atoms with E-state index in [-0.39, 0.29) is 17.5 Å². The molecule has 20 heavy (non-hydrogen) atoms. The summed E-state index contributed by atoms with van der Waals surface area (Å²) in [5.74, 6) is -0.895. The van der Waals surface area contributed by atoms with E-state index in [1.165, 1.54) is 0 Å². The number of nitrogens with one attached hydrogen (secondary N) is 1. The molecule has 1 amide bonds. The standard InChI is InChI=1S/C14H19N3O3/c1-8-5-10(6-11(13(8)15)14(19)20)16-9-3-4-12(18)17(2)7-9/h5-6,9,16H,3-4,7,15H2,1-2H3,(H,19,20). The van der Waals surface area contributed by atoms with E-state index in [1.54, 1.807) is 24.9 Å². The Labute approximate surface area is 117 Å². The number of likely N-dealkylation sites (N-methyl/N-ethyl adjacent to an activating group) is 1. The van der Waals surface area contributed by atoms with E-state index in [9.17, 15) is 9.59 Å². The van der Waals surface area contributed by atoms with E-state index in [1.807, 2.05) is 6.07 Å². The predicted octanol–water partition coefficient (Wildman–Crippen LogP) is 1.31. The summed E-state index contributed by atoms with van der Waals surface area (Å²) in [6.07, 6.45) is 1.25. The van der Waals surface area contributed by atoms with Gasteiger partial charge in [0, 0.05) is 37.4 Å². The Morgan fingerprint density at radius 2 is 2.20 bits per heavy atom. The van der Waals surface area contributed by atoms with Crippen LogP contribution in [-0.2, 0) is 4.79 Å². The fourth-order valence-electron chi connectivity index (χ4n) is 2.42. The SMILES string of the molecule is Cc1cc(NC2CCC(=O)N(C)C2)cc(C(=O)O)c1N. The van der Waals surface area contributed by atoms with Crippen LogP contribution in [0.3, 0.4) is 0 Å². The topological polar surface area (TPSA) is 95.7 Å². The molecule has 2 rings (SSSR count). The van der Waals surface area contributed by atoms with Crippen LogP contribution in [-0.4, -0.2) is 41.5 Å². The van der Waals surface area contributed by atoms with Crippen molar-refractivity contribution < 1.29 is 14.7 Å². The van der Waals surface area contributed by atoms with E-state index >= 15 is 0 Å². The average molecular weight is 277 g/mol. The van der Waals surface area contributed by atoms with Gasteiger partial charge in [0.25, 0.3) is 0 Å². The maximum atomic E-state index is 11.4. The predicted molar refractivity (Wildman–Crippen MR) is 76.8 cm³/mol. The van der Waals surface area contributed by atoms with Gasteiger partial charge in [-0.3, -0.25) is 4.79 Å². The lowest BCUT2D eigenvalue weighted by Crippen LogP contribution is -2.43. The Morgan fingerprint density at radius 1 is 1.50 bits per heavy atom. The first-order chi connectivity index (χ1) is 9.38. The van der Waals surface area contributed by atoms with Gasteiger partial charge < -0.3 is 21.1 Å². The number of carbonyl (C=O) groups excluding carboxylic acids is 1. The Hall–Kier alpha value is -2.24. The van der Waals surface area contributed by atoms with Gasteiger partial charge in [-0.1, -0.05) is 0 Å². The highest BCUT2D eigenvalue weighted by molar-refractivity contribution is 5.95. The number of nitrogens with two attached hydrogens (primary N) is 1. The number of carboxylic acid groups (broad SMARTS) is 1. The zero-order chi connectivity index (χ0) is 14.9. The van der Waals surface area contributed by atoms with Gasteiger partial charge >= 0.3 is 5.97 Å². The number of carbonyl (C=O) groups is 2. The highest BCUT2D eigenvalue weighted by atomic mass is 16.4. The fraction of sp³-hybridized carbons (Fsp3) is 0.429. The van der Waals surface area contributed by atoms with Gasteiger partial charge in [0.05, 0.1) is 5.56 Å². The third-order valence-electron chi connectivity index (χ3n) is 3.61. The van der Waals surface area contributed by atoms with Gasteiger partial charge in [-0.25, -0.2) is 4.79 Å². The van der Waals surface area contributed by atoms with Gasteiger partial charge in [-0.15, -0.1) is 0 Å². The van der Waals surface area contributed by atoms with Crippen molar-refractivity contribution in [2.45, 2.75) is 25.8 Å². The second kappa shape index (κ2) is 5.40. The Bertz CT molecular complexity index is 557. The summed E-state index contributed by atoms with van der Waals surface area (Å²) in [5, 5.41) is 12.4. The number of benzene rings is 1. The van der Waals surface area contributed by atoms with Crippen LogP contribution in [0.1, 0.15) is 28.8 Å². The number of amides is 1. The average Bonchev–Trinajstić information content (AvgIpc) is 2.37. The zero-order valence-corrected chi connectivity index (χ0v) is 11.6. The first-order valence-electron chi connectivity index (χ1n) is 6.52. The quantitative estimate of drug-likeness (QED) is 0.724. The molecule has 0 radical (unpaired) electrons. The van der Waals surface area contributed by atoms with Gasteiger partial charge in [-0.05, 0) is 31.0 Å². The number of rotatable bonds is 3. The van der Waals surface area contributed by atoms with Crippen LogP contribution < -0.4 is 11.1 Å². The monoisotopic (exact) mass is 277 g/mol. The molecule has 1 fully saturated rings. The molecule has 0 aromatic heterocycles. The number of aromatic carboxylic acids is 1. The van der Waals surface area contributed by atoms with E-state index in [4.69, 9.17) is 10.8 Å². The van der Waals surface area contributed by atoms with E-state index < -0.39 is 5.97 Å². The number of piperidine rings is 1. The Morgan fingerprint density at radius 3 is 2.80 bits per heavy atom. The molecular formula is C14H19N3O3. The molecule has 1 saturated heterocycles. The van der Waals surface area contributed by atoms with Crippen LogP contribution in [0.15, 0.2) is 12.1 Å². The van der Waals surface area contributed by atoms with Crippen LogP contribution in [0.2, 0.25) is 0 Å². The number of nitrogen functional groups attached to an aromatic ring is 1. The minimum atomic E-state index is -1.04. The largest absolute Gasteiger partial charge is 0.478 e. The molecular weight excluding hydrogens is 258 g/mol. The molecule has 1 aliphatic rings. The molecule has 6 nitrogen and oxygen atoms in total. The molecule has 108 valence electrons. The maximum absolute atomic E-state index is 11.4. The summed E-state index contributed by atoms with van der Waals surface area (Å²) in [7, 11) is 1.77. The number of likely N-dealkylation sites (tertiary alicyclic amines) is 1. The molecule has 1 heterocycles. The molecule has 1 aliphatic heterocycles. The molecule has 0 saturated carbocycles. The van der Waals surface area contributed by atoms with Gasteiger partial charge in [0.15, 0.2) is 0 Å². The molecule has 0 spiro atoms. The summed E-state index contributed by atoms with van der Waals surface area (Å²) in [6, 6.07) is 3.50. The Balaban J connectivity index is 2.18. The van der Waals surface area contributed by atoms with Crippen molar-refractivity contribution in [3.63, 3.8) is 0 Å². The van der Waals surface area contributed by atoms with Crippen LogP contribution in [0, 0.1) is 6.92 Å². The van der Waals surface area contributed by atoms with E-state index in [0.717, 1.165) is 17.7 Å². The van der Waals surface area contributed by atoms with E-state index in [0.29, 0.717) is 18.7 Å². The molecule has 4 N–H and O–H groups in total. The van der Waals surface area contributed by atoms with Gasteiger partial charge in [0.1, 0.15) is 0 Å². The van der Waals surface area contributed by atoms with Crippen molar-refractivity contribution in [3.8, 4) is 0 Å². The Kier molecular flexibility index (Phi) is 3.83. The molecule has 0 bridgehead atoms. The zero-order valence-electron chi connectivity index (χ0n) is 11.6. The van der Waals surface area contributed by atoms with Crippen molar-refractivity contribution in [1.29, 1.82) is 0 Å². The normalized spacial score (nSPS) is 19.0. The molecule has 1 atom stereocenters. The van der Waals surface area contributed by atoms with Crippen LogP contribution in [0.5, 0.6) is 0 Å². The number of hydrogen-bond acceptors (Lipinski definition) is 4. The van der Waals surface area contributed by atoms with Crippen molar-refractivity contribution in [3.05, 3.63) is 23.3 Å². The molecule has 1 aromatic rings. The molecule has 1 aromatic carbocycles. The fourth-order valence-corrected chi connectivity index (χ4v) is 2.42. The summed E-state index contributed by atoms with van der Waals surface area (Å²) in [4.78, 5) is 24.3. The highest BCUT2D eigenvalue weighted by Crippen LogP contribution is 2.24. The number of hydrogen-bond donors (Lipinski definition) is 3. The molecule has 1 unspecified atom stereocenters. The number of aryl methyl sites for hydroxylation is 1. The summed E-state index contributed by atoms with van der Waals surface area (Å²) in [6.45, 7) is 2.40. The third kappa shape index (κ3) is 2.84. The second-order valence-corrected chi connectivity index (χ2v) is 5.21. The number of nitrogens with zero attached hydrogens (tertiary/aromatic N) is 1.